The van der Waals surface area contributed by atoms with Crippen LogP contribution < -0.4 is 21.3 Å². The van der Waals surface area contributed by atoms with Gasteiger partial charge in [0.25, 0.3) is 5.91 Å². The Morgan fingerprint density at radius 2 is 1.77 bits per heavy atom. The summed E-state index contributed by atoms with van der Waals surface area (Å²) in [5, 5.41) is 10.7. The summed E-state index contributed by atoms with van der Waals surface area (Å²) in [7, 11) is 0. The zero-order chi connectivity index (χ0) is 18.5. The number of nitrogens with one attached hydrogen (secondary N) is 4. The number of carbonyl (C=O) groups excluding carboxylic acids is 3. The second-order valence-corrected chi connectivity index (χ2v) is 6.11. The van der Waals surface area contributed by atoms with Gasteiger partial charge in [-0.3, -0.25) is 14.9 Å². The fourth-order valence-corrected chi connectivity index (χ4v) is 2.24. The fourth-order valence-electron chi connectivity index (χ4n) is 2.24. The van der Waals surface area contributed by atoms with Crippen molar-refractivity contribution in [2.24, 2.45) is 0 Å². The maximum atomic E-state index is 12.0. The van der Waals surface area contributed by atoms with Gasteiger partial charge >= 0.3 is 6.03 Å². The largest absolute Gasteiger partial charge is 0.459 e. The van der Waals surface area contributed by atoms with E-state index >= 15 is 0 Å². The Morgan fingerprint density at radius 1 is 1.08 bits per heavy atom. The molecule has 3 rings (SSSR count). The molecule has 4 N–H and O–H groups in total. The lowest BCUT2D eigenvalue weighted by Crippen LogP contribution is -2.46. The molecule has 1 atom stereocenters. The molecular weight excluding hydrogens is 336 g/mol. The summed E-state index contributed by atoms with van der Waals surface area (Å²) in [5.41, 5.74) is 1.28. The van der Waals surface area contributed by atoms with Crippen LogP contribution in [0.3, 0.4) is 0 Å². The van der Waals surface area contributed by atoms with E-state index < -0.39 is 18.0 Å². The van der Waals surface area contributed by atoms with Crippen LogP contribution in [0.1, 0.15) is 30.3 Å². The Kier molecular flexibility index (Phi) is 5.21. The average Bonchev–Trinajstić information content (AvgIpc) is 3.24. The third-order valence-corrected chi connectivity index (χ3v) is 3.81. The van der Waals surface area contributed by atoms with E-state index in [-0.39, 0.29) is 17.7 Å². The van der Waals surface area contributed by atoms with Crippen LogP contribution in [-0.4, -0.2) is 29.9 Å². The first kappa shape index (κ1) is 17.5. The number of benzene rings is 1. The third-order valence-electron chi connectivity index (χ3n) is 3.81. The number of hydrogen-bond acceptors (Lipinski definition) is 5. The SMILES string of the molecule is CC(Nc1ccc(NC(=O)c2ccco2)cc1)C(=O)NC(=O)NC1CC1. The van der Waals surface area contributed by atoms with Crippen molar-refractivity contribution in [2.75, 3.05) is 10.6 Å². The number of amides is 4. The van der Waals surface area contributed by atoms with Crippen molar-refractivity contribution in [3.63, 3.8) is 0 Å². The highest BCUT2D eigenvalue weighted by Gasteiger charge is 2.24. The monoisotopic (exact) mass is 356 g/mol. The van der Waals surface area contributed by atoms with Crippen molar-refractivity contribution in [3.05, 3.63) is 48.4 Å². The first-order chi connectivity index (χ1) is 12.5. The van der Waals surface area contributed by atoms with E-state index in [0.29, 0.717) is 11.4 Å². The van der Waals surface area contributed by atoms with Gasteiger partial charge in [-0.05, 0) is 56.2 Å². The van der Waals surface area contributed by atoms with Gasteiger partial charge in [0.15, 0.2) is 5.76 Å². The summed E-state index contributed by atoms with van der Waals surface area (Å²) in [5.74, 6) is -0.537. The number of anilines is 2. The van der Waals surface area contributed by atoms with Gasteiger partial charge in [0.2, 0.25) is 5.91 Å². The molecule has 0 radical (unpaired) electrons. The third kappa shape index (κ3) is 4.85. The number of hydrogen-bond donors (Lipinski definition) is 4. The van der Waals surface area contributed by atoms with Crippen LogP contribution in [0.2, 0.25) is 0 Å². The molecule has 26 heavy (non-hydrogen) atoms. The first-order valence-electron chi connectivity index (χ1n) is 8.34. The average molecular weight is 356 g/mol. The molecule has 4 amide bonds. The zero-order valence-corrected chi connectivity index (χ0v) is 14.2. The standard InChI is InChI=1S/C18H20N4O4/c1-11(16(23)22-18(25)21-14-8-9-14)19-12-4-6-13(7-5-12)20-17(24)15-3-2-10-26-15/h2-7,10-11,14,19H,8-9H2,1H3,(H,20,24)(H2,21,22,23,25). The lowest BCUT2D eigenvalue weighted by atomic mass is 10.2. The number of furan rings is 1. The van der Waals surface area contributed by atoms with Gasteiger partial charge < -0.3 is 20.4 Å². The molecule has 0 spiro atoms. The molecule has 1 aromatic carbocycles. The Hall–Kier alpha value is -3.29. The summed E-state index contributed by atoms with van der Waals surface area (Å²) in [6.07, 6.45) is 3.34. The van der Waals surface area contributed by atoms with Crippen LogP contribution in [0.25, 0.3) is 0 Å². The molecule has 8 nitrogen and oxygen atoms in total. The van der Waals surface area contributed by atoms with Crippen molar-refractivity contribution >= 4 is 29.2 Å². The van der Waals surface area contributed by atoms with Gasteiger partial charge in [-0.25, -0.2) is 4.79 Å². The van der Waals surface area contributed by atoms with Crippen LogP contribution in [0.4, 0.5) is 16.2 Å². The van der Waals surface area contributed by atoms with Gasteiger partial charge in [-0.1, -0.05) is 0 Å². The van der Waals surface area contributed by atoms with E-state index in [1.54, 1.807) is 43.3 Å². The van der Waals surface area contributed by atoms with Crippen molar-refractivity contribution in [1.29, 1.82) is 0 Å². The highest BCUT2D eigenvalue weighted by Crippen LogP contribution is 2.18. The van der Waals surface area contributed by atoms with E-state index in [2.05, 4.69) is 21.3 Å². The van der Waals surface area contributed by atoms with E-state index in [9.17, 15) is 14.4 Å². The van der Waals surface area contributed by atoms with Crippen LogP contribution in [-0.2, 0) is 4.79 Å². The van der Waals surface area contributed by atoms with Crippen molar-refractivity contribution in [3.8, 4) is 0 Å². The lowest BCUT2D eigenvalue weighted by Gasteiger charge is -2.15. The van der Waals surface area contributed by atoms with Gasteiger partial charge in [0.1, 0.15) is 6.04 Å². The predicted molar refractivity (Wildman–Crippen MR) is 95.9 cm³/mol. The van der Waals surface area contributed by atoms with Crippen LogP contribution in [0.15, 0.2) is 47.1 Å². The Morgan fingerprint density at radius 3 is 2.38 bits per heavy atom. The molecule has 0 bridgehead atoms. The highest BCUT2D eigenvalue weighted by atomic mass is 16.3. The minimum atomic E-state index is -0.594. The second-order valence-electron chi connectivity index (χ2n) is 6.11. The maximum Gasteiger partial charge on any atom is 0.321 e. The molecular formula is C18H20N4O4. The molecule has 1 heterocycles. The van der Waals surface area contributed by atoms with E-state index in [1.165, 1.54) is 6.26 Å². The predicted octanol–water partition coefficient (Wildman–Crippen LogP) is 2.32. The summed E-state index contributed by atoms with van der Waals surface area (Å²) in [6, 6.07) is 9.20. The summed E-state index contributed by atoms with van der Waals surface area (Å²) in [4.78, 5) is 35.5. The first-order valence-corrected chi connectivity index (χ1v) is 8.34. The molecule has 2 aromatic rings. The van der Waals surface area contributed by atoms with Crippen LogP contribution in [0.5, 0.6) is 0 Å². The smallest absolute Gasteiger partial charge is 0.321 e. The molecule has 1 fully saturated rings. The Labute approximate surface area is 150 Å². The topological polar surface area (TPSA) is 112 Å². The maximum absolute atomic E-state index is 12.0. The number of imide groups is 1. The molecule has 0 aliphatic heterocycles. The van der Waals surface area contributed by atoms with Crippen LogP contribution >= 0.6 is 0 Å². The van der Waals surface area contributed by atoms with Gasteiger partial charge in [0, 0.05) is 17.4 Å². The number of carbonyl (C=O) groups is 3. The molecule has 1 saturated carbocycles. The fraction of sp³-hybridized carbons (Fsp3) is 0.278. The normalized spacial score (nSPS) is 14.2. The summed E-state index contributed by atoms with van der Waals surface area (Å²) >= 11 is 0. The van der Waals surface area contributed by atoms with Gasteiger partial charge in [-0.2, -0.15) is 0 Å². The van der Waals surface area contributed by atoms with Crippen molar-refractivity contribution < 1.29 is 18.8 Å². The quantitative estimate of drug-likeness (QED) is 0.634. The van der Waals surface area contributed by atoms with Crippen molar-refractivity contribution in [1.82, 2.24) is 10.6 Å². The molecule has 0 saturated heterocycles. The molecule has 1 aromatic heterocycles. The molecule has 8 heteroatoms. The molecule has 1 unspecified atom stereocenters. The van der Waals surface area contributed by atoms with Crippen LogP contribution in [0, 0.1) is 0 Å². The van der Waals surface area contributed by atoms with E-state index in [4.69, 9.17) is 4.42 Å². The molecule has 1 aliphatic carbocycles. The van der Waals surface area contributed by atoms with Crippen molar-refractivity contribution in [2.45, 2.75) is 31.8 Å². The Bertz CT molecular complexity index is 782. The Balaban J connectivity index is 1.49. The minimum Gasteiger partial charge on any atom is -0.459 e. The minimum absolute atomic E-state index is 0.190. The summed E-state index contributed by atoms with van der Waals surface area (Å²) < 4.78 is 5.03. The summed E-state index contributed by atoms with van der Waals surface area (Å²) in [6.45, 7) is 1.66. The van der Waals surface area contributed by atoms with E-state index in [0.717, 1.165) is 12.8 Å². The number of rotatable bonds is 6. The van der Waals surface area contributed by atoms with Gasteiger partial charge in [-0.15, -0.1) is 0 Å². The number of urea groups is 1. The van der Waals surface area contributed by atoms with E-state index in [1.807, 2.05) is 0 Å². The lowest BCUT2D eigenvalue weighted by molar-refractivity contribution is -0.120. The zero-order valence-electron chi connectivity index (χ0n) is 14.2. The highest BCUT2D eigenvalue weighted by molar-refractivity contribution is 6.02. The molecule has 136 valence electrons. The second kappa shape index (κ2) is 7.73. The molecule has 1 aliphatic rings. The van der Waals surface area contributed by atoms with Gasteiger partial charge in [0.05, 0.1) is 6.26 Å².